The number of hydrogen-bond donors (Lipinski definition) is 0. The SMILES string of the molecule is CCCCCCCOc1ccc(C(=O)N(Cc2cccc[n+]2CCC)C(=O)c2ccccc2)cc1OCCCCCCC.[I-]. The predicted octanol–water partition coefficient (Wildman–Crippen LogP) is 5.57. The molecule has 2 aromatic carbocycles. The van der Waals surface area contributed by atoms with Gasteiger partial charge in [0.25, 0.3) is 11.8 Å². The van der Waals surface area contributed by atoms with Gasteiger partial charge in [0, 0.05) is 29.7 Å². The predicted molar refractivity (Wildman–Crippen MR) is 173 cm³/mol. The maximum absolute atomic E-state index is 14.1. The number of hydrogen-bond acceptors (Lipinski definition) is 4. The first-order valence-corrected chi connectivity index (χ1v) is 16.4. The topological polar surface area (TPSA) is 59.7 Å². The fraction of sp³-hybridized carbons (Fsp3) is 0.486. The number of halogens is 1. The summed E-state index contributed by atoms with van der Waals surface area (Å²) in [6.07, 6.45) is 14.4. The molecular formula is C37H51IN2O4. The van der Waals surface area contributed by atoms with E-state index in [1.165, 1.54) is 43.4 Å². The van der Waals surface area contributed by atoms with Crippen LogP contribution in [0.5, 0.6) is 11.5 Å². The Bertz CT molecular complexity index is 1250. The lowest BCUT2D eigenvalue weighted by molar-refractivity contribution is -0.704. The van der Waals surface area contributed by atoms with E-state index >= 15 is 0 Å². The van der Waals surface area contributed by atoms with Crippen LogP contribution in [0.3, 0.4) is 0 Å². The van der Waals surface area contributed by atoms with Gasteiger partial charge in [-0.1, -0.05) is 96.4 Å². The van der Waals surface area contributed by atoms with Crippen molar-refractivity contribution in [2.24, 2.45) is 0 Å². The second kappa shape index (κ2) is 21.7. The van der Waals surface area contributed by atoms with Crippen LogP contribution < -0.4 is 38.0 Å². The minimum atomic E-state index is -0.361. The van der Waals surface area contributed by atoms with Gasteiger partial charge in [0.05, 0.1) is 13.2 Å². The summed E-state index contributed by atoms with van der Waals surface area (Å²) in [5.41, 5.74) is 1.77. The number of pyridine rings is 1. The van der Waals surface area contributed by atoms with E-state index in [1.807, 2.05) is 48.7 Å². The molecule has 0 bridgehead atoms. The number of amides is 2. The Morgan fingerprint density at radius 2 is 1.23 bits per heavy atom. The molecule has 3 aromatic rings. The lowest BCUT2D eigenvalue weighted by Gasteiger charge is -2.21. The van der Waals surface area contributed by atoms with Crippen LogP contribution in [0, 0.1) is 0 Å². The number of carbonyl (C=O) groups is 2. The summed E-state index contributed by atoms with van der Waals surface area (Å²) < 4.78 is 14.5. The van der Waals surface area contributed by atoms with E-state index in [4.69, 9.17) is 9.47 Å². The molecule has 0 aliphatic heterocycles. The number of ether oxygens (including phenoxy) is 2. The molecule has 0 N–H and O–H groups in total. The Kier molecular flexibility index (Phi) is 18.4. The Labute approximate surface area is 282 Å². The molecule has 0 radical (unpaired) electrons. The first kappa shape index (κ1) is 37.2. The number of imide groups is 1. The molecule has 0 unspecified atom stereocenters. The van der Waals surface area contributed by atoms with Crippen LogP contribution in [0.2, 0.25) is 0 Å². The van der Waals surface area contributed by atoms with Crippen molar-refractivity contribution in [2.45, 2.75) is 104 Å². The highest BCUT2D eigenvalue weighted by atomic mass is 127. The zero-order valence-corrected chi connectivity index (χ0v) is 29.1. The van der Waals surface area contributed by atoms with Gasteiger partial charge in [-0.15, -0.1) is 0 Å². The zero-order chi connectivity index (χ0) is 30.7. The summed E-state index contributed by atoms with van der Waals surface area (Å²) >= 11 is 0. The van der Waals surface area contributed by atoms with Crippen molar-refractivity contribution in [2.75, 3.05) is 13.2 Å². The second-order valence-electron chi connectivity index (χ2n) is 11.1. The summed E-state index contributed by atoms with van der Waals surface area (Å²) in [7, 11) is 0. The Hall–Kier alpha value is -2.94. The Balaban J connectivity index is 0.00000675. The van der Waals surface area contributed by atoms with Crippen LogP contribution in [-0.4, -0.2) is 29.9 Å². The molecule has 0 aliphatic rings. The van der Waals surface area contributed by atoms with Gasteiger partial charge in [-0.3, -0.25) is 14.5 Å². The monoisotopic (exact) mass is 714 g/mol. The van der Waals surface area contributed by atoms with Crippen LogP contribution in [0.4, 0.5) is 0 Å². The van der Waals surface area contributed by atoms with E-state index in [2.05, 4.69) is 25.3 Å². The summed E-state index contributed by atoms with van der Waals surface area (Å²) in [5, 5.41) is 0. The molecule has 7 heteroatoms. The number of aryl methyl sites for hydroxylation is 1. The van der Waals surface area contributed by atoms with Crippen molar-refractivity contribution in [3.05, 3.63) is 89.7 Å². The minimum Gasteiger partial charge on any atom is -1.00 e. The summed E-state index contributed by atoms with van der Waals surface area (Å²) in [6, 6.07) is 20.2. The highest BCUT2D eigenvalue weighted by Gasteiger charge is 2.28. The molecule has 0 aliphatic carbocycles. The average molecular weight is 715 g/mol. The maximum atomic E-state index is 14.1. The third-order valence-electron chi connectivity index (χ3n) is 7.53. The molecule has 0 spiro atoms. The quantitative estimate of drug-likeness (QED) is 0.0666. The first-order valence-electron chi connectivity index (χ1n) is 16.4. The molecule has 0 saturated heterocycles. The number of unbranched alkanes of at least 4 members (excludes halogenated alkanes) is 8. The van der Waals surface area contributed by atoms with Gasteiger partial charge in [-0.2, -0.15) is 0 Å². The van der Waals surface area contributed by atoms with E-state index in [0.29, 0.717) is 35.8 Å². The molecule has 1 aromatic heterocycles. The standard InChI is InChI=1S/C37H51N2O4.HI/c1-4-7-9-11-18-27-42-34-24-23-32(29-35(34)43-28-19-12-10-8-5-2)37(41)39(36(40)31-20-14-13-15-21-31)30-33-22-16-17-26-38(33)25-6-3;/h13-17,20-24,26,29H,4-12,18-19,25,27-28,30H2,1-3H3;1H/q+1;/p-1. The molecule has 0 saturated carbocycles. The van der Waals surface area contributed by atoms with Crippen LogP contribution in [0.1, 0.15) is 118 Å². The van der Waals surface area contributed by atoms with Crippen molar-refractivity contribution in [3.8, 4) is 11.5 Å². The molecule has 1 heterocycles. The van der Waals surface area contributed by atoms with Crippen molar-refractivity contribution in [1.82, 2.24) is 4.90 Å². The van der Waals surface area contributed by atoms with Crippen molar-refractivity contribution in [1.29, 1.82) is 0 Å². The largest absolute Gasteiger partial charge is 1.00 e. The molecule has 6 nitrogen and oxygen atoms in total. The Morgan fingerprint density at radius 3 is 1.86 bits per heavy atom. The van der Waals surface area contributed by atoms with E-state index in [0.717, 1.165) is 44.3 Å². The highest BCUT2D eigenvalue weighted by Crippen LogP contribution is 2.30. The molecule has 240 valence electrons. The highest BCUT2D eigenvalue weighted by molar-refractivity contribution is 6.10. The normalized spacial score (nSPS) is 10.6. The summed E-state index contributed by atoms with van der Waals surface area (Å²) in [6.45, 7) is 8.66. The van der Waals surface area contributed by atoms with Crippen LogP contribution in [0.25, 0.3) is 0 Å². The van der Waals surface area contributed by atoms with Crippen LogP contribution in [0.15, 0.2) is 72.9 Å². The van der Waals surface area contributed by atoms with Gasteiger partial charge in [0.1, 0.15) is 13.1 Å². The maximum Gasteiger partial charge on any atom is 0.261 e. The number of carbonyl (C=O) groups excluding carboxylic acids is 2. The molecule has 44 heavy (non-hydrogen) atoms. The van der Waals surface area contributed by atoms with Gasteiger partial charge in [-0.25, -0.2) is 4.57 Å². The second-order valence-corrected chi connectivity index (χ2v) is 11.1. The van der Waals surface area contributed by atoms with Crippen molar-refractivity contribution >= 4 is 11.8 Å². The minimum absolute atomic E-state index is 0. The molecule has 3 rings (SSSR count). The van der Waals surface area contributed by atoms with Crippen LogP contribution in [-0.2, 0) is 13.1 Å². The van der Waals surface area contributed by atoms with Gasteiger partial charge in [0.2, 0.25) is 5.69 Å². The fourth-order valence-corrected chi connectivity index (χ4v) is 5.05. The van der Waals surface area contributed by atoms with E-state index in [1.54, 1.807) is 24.3 Å². The third-order valence-corrected chi connectivity index (χ3v) is 7.53. The van der Waals surface area contributed by atoms with E-state index in [9.17, 15) is 9.59 Å². The first-order chi connectivity index (χ1) is 21.1. The summed E-state index contributed by atoms with van der Waals surface area (Å²) in [4.78, 5) is 29.2. The van der Waals surface area contributed by atoms with Gasteiger partial charge >= 0.3 is 0 Å². The number of rotatable bonds is 20. The smallest absolute Gasteiger partial charge is 0.261 e. The van der Waals surface area contributed by atoms with Crippen LogP contribution >= 0.6 is 0 Å². The van der Waals surface area contributed by atoms with Crippen molar-refractivity contribution < 1.29 is 47.6 Å². The van der Waals surface area contributed by atoms with Crippen molar-refractivity contribution in [3.63, 3.8) is 0 Å². The fourth-order valence-electron chi connectivity index (χ4n) is 5.05. The molecule has 0 atom stereocenters. The lowest BCUT2D eigenvalue weighted by Crippen LogP contribution is -3.00. The van der Waals surface area contributed by atoms with E-state index < -0.39 is 0 Å². The molecule has 2 amide bonds. The van der Waals surface area contributed by atoms with Gasteiger partial charge in [-0.05, 0) is 43.2 Å². The molecule has 0 fully saturated rings. The Morgan fingerprint density at radius 1 is 0.636 bits per heavy atom. The number of nitrogens with zero attached hydrogens (tertiary/aromatic N) is 2. The van der Waals surface area contributed by atoms with E-state index in [-0.39, 0.29) is 42.3 Å². The third kappa shape index (κ3) is 12.2. The van der Waals surface area contributed by atoms with Gasteiger partial charge < -0.3 is 33.5 Å². The number of benzene rings is 2. The van der Waals surface area contributed by atoms with Gasteiger partial charge in [0.15, 0.2) is 17.7 Å². The average Bonchev–Trinajstić information content (AvgIpc) is 3.04. The summed E-state index contributed by atoms with van der Waals surface area (Å²) in [5.74, 6) is 0.510. The molecular weight excluding hydrogens is 663 g/mol. The lowest BCUT2D eigenvalue weighted by atomic mass is 10.1. The number of aromatic nitrogens is 1. The zero-order valence-electron chi connectivity index (χ0n) is 26.9.